The molecule has 1 saturated heterocycles. The Kier molecular flexibility index (Phi) is 4.76. The average molecular weight is 249 g/mol. The van der Waals surface area contributed by atoms with Crippen LogP contribution in [0, 0.1) is 0 Å². The molecule has 0 aliphatic carbocycles. The van der Waals surface area contributed by atoms with Crippen molar-refractivity contribution in [2.45, 2.75) is 32.2 Å². The number of hydrogen-bond acceptors (Lipinski definition) is 5. The van der Waals surface area contributed by atoms with Gasteiger partial charge in [0.15, 0.2) is 0 Å². The van der Waals surface area contributed by atoms with Gasteiger partial charge in [0, 0.05) is 13.1 Å². The van der Waals surface area contributed by atoms with Crippen LogP contribution < -0.4 is 10.6 Å². The van der Waals surface area contributed by atoms with Crippen molar-refractivity contribution in [1.82, 2.24) is 9.36 Å². The fourth-order valence-electron chi connectivity index (χ4n) is 1.63. The summed E-state index contributed by atoms with van der Waals surface area (Å²) in [6.45, 7) is 4.13. The highest BCUT2D eigenvalue weighted by atomic mass is 35.5. The highest BCUT2D eigenvalue weighted by Crippen LogP contribution is 2.20. The third kappa shape index (κ3) is 3.03. The van der Waals surface area contributed by atoms with Crippen molar-refractivity contribution < 1.29 is 0 Å². The largest absolute Gasteiger partial charge is 0.340 e. The van der Waals surface area contributed by atoms with Crippen molar-refractivity contribution in [3.8, 4) is 0 Å². The summed E-state index contributed by atoms with van der Waals surface area (Å²) in [5, 5.41) is 0.936. The lowest BCUT2D eigenvalue weighted by molar-refractivity contribution is 0.569. The molecule has 2 N–H and O–H groups in total. The summed E-state index contributed by atoms with van der Waals surface area (Å²) < 4.78 is 4.34. The Labute approximate surface area is 100 Å². The van der Waals surface area contributed by atoms with Gasteiger partial charge in [-0.15, -0.1) is 12.4 Å². The highest BCUT2D eigenvalue weighted by molar-refractivity contribution is 7.05. The van der Waals surface area contributed by atoms with Gasteiger partial charge in [-0.2, -0.15) is 4.37 Å². The second-order valence-electron chi connectivity index (χ2n) is 3.77. The first-order valence-corrected chi connectivity index (χ1v) is 5.89. The third-order valence-corrected chi connectivity index (χ3v) is 3.36. The number of halogens is 1. The Morgan fingerprint density at radius 1 is 1.33 bits per heavy atom. The SMILES string of the molecule is C[C@@H](N)c1nc(N2CCCCC2)ns1.Cl. The zero-order valence-electron chi connectivity index (χ0n) is 8.85. The maximum absolute atomic E-state index is 5.75. The third-order valence-electron chi connectivity index (χ3n) is 2.46. The lowest BCUT2D eigenvalue weighted by Gasteiger charge is -2.25. The monoisotopic (exact) mass is 248 g/mol. The van der Waals surface area contributed by atoms with Crippen LogP contribution in [0.4, 0.5) is 5.95 Å². The van der Waals surface area contributed by atoms with Gasteiger partial charge in [-0.05, 0) is 37.7 Å². The molecule has 0 bridgehead atoms. The van der Waals surface area contributed by atoms with Crippen LogP contribution in [0.5, 0.6) is 0 Å². The first-order valence-electron chi connectivity index (χ1n) is 5.11. The van der Waals surface area contributed by atoms with Gasteiger partial charge in [0.2, 0.25) is 5.95 Å². The zero-order chi connectivity index (χ0) is 9.97. The number of aromatic nitrogens is 2. The van der Waals surface area contributed by atoms with Crippen molar-refractivity contribution in [2.24, 2.45) is 5.73 Å². The molecule has 2 rings (SSSR count). The van der Waals surface area contributed by atoms with Crippen LogP contribution in [0.3, 0.4) is 0 Å². The van der Waals surface area contributed by atoms with E-state index in [0.717, 1.165) is 24.0 Å². The maximum atomic E-state index is 5.75. The first kappa shape index (κ1) is 12.7. The Morgan fingerprint density at radius 2 is 2.00 bits per heavy atom. The predicted octanol–water partition coefficient (Wildman–Crippen LogP) is 1.97. The molecule has 0 aromatic carbocycles. The topological polar surface area (TPSA) is 55.0 Å². The summed E-state index contributed by atoms with van der Waals surface area (Å²) in [6.07, 6.45) is 3.85. The van der Waals surface area contributed by atoms with Gasteiger partial charge in [0.1, 0.15) is 5.01 Å². The average Bonchev–Trinajstić information content (AvgIpc) is 2.68. The Morgan fingerprint density at radius 3 is 2.53 bits per heavy atom. The minimum Gasteiger partial charge on any atom is -0.340 e. The van der Waals surface area contributed by atoms with E-state index < -0.39 is 0 Å². The predicted molar refractivity (Wildman–Crippen MR) is 65.8 cm³/mol. The minimum atomic E-state index is 0. The van der Waals surface area contributed by atoms with E-state index in [2.05, 4.69) is 14.3 Å². The number of nitrogens with two attached hydrogens (primary N) is 1. The van der Waals surface area contributed by atoms with E-state index in [-0.39, 0.29) is 18.4 Å². The van der Waals surface area contributed by atoms with Crippen LogP contribution >= 0.6 is 23.9 Å². The highest BCUT2D eigenvalue weighted by Gasteiger charge is 2.16. The molecule has 6 heteroatoms. The summed E-state index contributed by atoms with van der Waals surface area (Å²) in [7, 11) is 0. The van der Waals surface area contributed by atoms with Gasteiger partial charge < -0.3 is 10.6 Å². The fourth-order valence-corrected chi connectivity index (χ4v) is 2.25. The summed E-state index contributed by atoms with van der Waals surface area (Å²) >= 11 is 1.42. The Bertz CT molecular complexity index is 296. The zero-order valence-corrected chi connectivity index (χ0v) is 10.5. The van der Waals surface area contributed by atoms with Gasteiger partial charge in [0.25, 0.3) is 0 Å². The molecule has 2 heterocycles. The van der Waals surface area contributed by atoms with E-state index >= 15 is 0 Å². The molecule has 0 saturated carbocycles. The number of anilines is 1. The number of nitrogens with zero attached hydrogens (tertiary/aromatic N) is 3. The summed E-state index contributed by atoms with van der Waals surface area (Å²) in [5.41, 5.74) is 5.75. The Hall–Kier alpha value is -0.390. The minimum absolute atomic E-state index is 0. The molecule has 0 amide bonds. The molecule has 0 unspecified atom stereocenters. The second-order valence-corrected chi connectivity index (χ2v) is 4.55. The molecular formula is C9H17ClN4S. The van der Waals surface area contributed by atoms with Gasteiger partial charge >= 0.3 is 0 Å². The van der Waals surface area contributed by atoms with Crippen LogP contribution in [-0.2, 0) is 0 Å². The van der Waals surface area contributed by atoms with E-state index in [4.69, 9.17) is 5.73 Å². The summed E-state index contributed by atoms with van der Waals surface area (Å²) in [6, 6.07) is 0.00559. The number of hydrogen-bond donors (Lipinski definition) is 1. The molecule has 1 aliphatic heterocycles. The first-order chi connectivity index (χ1) is 6.77. The molecule has 0 radical (unpaired) electrons. The summed E-state index contributed by atoms with van der Waals surface area (Å²) in [4.78, 5) is 6.70. The smallest absolute Gasteiger partial charge is 0.237 e. The maximum Gasteiger partial charge on any atom is 0.237 e. The van der Waals surface area contributed by atoms with E-state index in [9.17, 15) is 0 Å². The molecule has 0 spiro atoms. The van der Waals surface area contributed by atoms with Gasteiger partial charge in [-0.25, -0.2) is 4.98 Å². The fraction of sp³-hybridized carbons (Fsp3) is 0.778. The molecular weight excluding hydrogens is 232 g/mol. The van der Waals surface area contributed by atoms with E-state index in [1.807, 2.05) is 6.92 Å². The number of rotatable bonds is 2. The summed E-state index contributed by atoms with van der Waals surface area (Å²) in [5.74, 6) is 0.877. The molecule has 1 aromatic heterocycles. The lowest BCUT2D eigenvalue weighted by atomic mass is 10.1. The van der Waals surface area contributed by atoms with Crippen molar-refractivity contribution >= 4 is 29.9 Å². The van der Waals surface area contributed by atoms with Crippen molar-refractivity contribution in [3.63, 3.8) is 0 Å². The Balaban J connectivity index is 0.00000112. The van der Waals surface area contributed by atoms with Gasteiger partial charge in [-0.1, -0.05) is 0 Å². The number of piperidine rings is 1. The van der Waals surface area contributed by atoms with Crippen LogP contribution in [-0.4, -0.2) is 22.4 Å². The molecule has 1 aliphatic rings. The van der Waals surface area contributed by atoms with E-state index in [1.54, 1.807) is 0 Å². The standard InChI is InChI=1S/C9H16N4S.ClH/c1-7(10)8-11-9(12-14-8)13-5-3-2-4-6-13;/h7H,2-6,10H2,1H3;1H/t7-;/m1./s1. The molecule has 15 heavy (non-hydrogen) atoms. The molecule has 1 atom stereocenters. The van der Waals surface area contributed by atoms with Crippen molar-refractivity contribution in [2.75, 3.05) is 18.0 Å². The van der Waals surface area contributed by atoms with Crippen LogP contribution in [0.25, 0.3) is 0 Å². The van der Waals surface area contributed by atoms with Gasteiger partial charge in [-0.3, -0.25) is 0 Å². The molecule has 86 valence electrons. The quantitative estimate of drug-likeness (QED) is 0.870. The molecule has 1 fully saturated rings. The molecule has 4 nitrogen and oxygen atoms in total. The van der Waals surface area contributed by atoms with Crippen molar-refractivity contribution in [1.29, 1.82) is 0 Å². The molecule has 1 aromatic rings. The van der Waals surface area contributed by atoms with Crippen LogP contribution in [0.2, 0.25) is 0 Å². The normalized spacial score (nSPS) is 18.4. The van der Waals surface area contributed by atoms with E-state index in [1.165, 1.54) is 30.8 Å². The van der Waals surface area contributed by atoms with E-state index in [0.29, 0.717) is 0 Å². The second kappa shape index (κ2) is 5.63. The van der Waals surface area contributed by atoms with Crippen LogP contribution in [0.1, 0.15) is 37.2 Å². The van der Waals surface area contributed by atoms with Gasteiger partial charge in [0.05, 0.1) is 6.04 Å². The van der Waals surface area contributed by atoms with Crippen molar-refractivity contribution in [3.05, 3.63) is 5.01 Å². The van der Waals surface area contributed by atoms with Crippen LogP contribution in [0.15, 0.2) is 0 Å². The lowest BCUT2D eigenvalue weighted by Crippen LogP contribution is -2.30.